The van der Waals surface area contributed by atoms with E-state index in [4.69, 9.17) is 21.7 Å². The molecule has 1 N–H and O–H groups in total. The van der Waals surface area contributed by atoms with Crippen molar-refractivity contribution in [3.63, 3.8) is 0 Å². The lowest BCUT2D eigenvalue weighted by Gasteiger charge is -2.29. The third kappa shape index (κ3) is 3.07. The highest BCUT2D eigenvalue weighted by atomic mass is 32.1. The first kappa shape index (κ1) is 15.5. The molecule has 1 atom stereocenters. The third-order valence-corrected chi connectivity index (χ3v) is 4.19. The van der Waals surface area contributed by atoms with Gasteiger partial charge in [-0.1, -0.05) is 12.2 Å². The molecule has 2 aliphatic heterocycles. The van der Waals surface area contributed by atoms with Crippen molar-refractivity contribution in [3.8, 4) is 5.75 Å². The Morgan fingerprint density at radius 2 is 2.26 bits per heavy atom. The van der Waals surface area contributed by atoms with E-state index in [1.807, 2.05) is 24.1 Å². The highest BCUT2D eigenvalue weighted by Gasteiger charge is 2.33. The smallest absolute Gasteiger partial charge is 0.414 e. The first-order valence-corrected chi connectivity index (χ1v) is 7.62. The number of nitrogens with one attached hydrogen (secondary N) is 1. The van der Waals surface area contributed by atoms with Gasteiger partial charge in [0.25, 0.3) is 0 Å². The van der Waals surface area contributed by atoms with Gasteiger partial charge in [0.05, 0.1) is 24.5 Å². The average molecular weight is 335 g/mol. The van der Waals surface area contributed by atoms with E-state index in [1.165, 1.54) is 11.8 Å². The third-order valence-electron chi connectivity index (χ3n) is 3.79. The predicted octanol–water partition coefficient (Wildman–Crippen LogP) is 1.30. The number of hydrogen-bond donors (Lipinski definition) is 1. The number of fused-ring (bicyclic) bond motifs is 1. The molecule has 0 unspecified atom stereocenters. The number of hydrogen-bond acceptors (Lipinski definition) is 5. The zero-order valence-corrected chi connectivity index (χ0v) is 13.7. The molecule has 7 nitrogen and oxygen atoms in total. The van der Waals surface area contributed by atoms with E-state index in [9.17, 15) is 9.59 Å². The van der Waals surface area contributed by atoms with Crippen molar-refractivity contribution in [1.29, 1.82) is 0 Å². The van der Waals surface area contributed by atoms with Crippen molar-refractivity contribution < 1.29 is 19.1 Å². The summed E-state index contributed by atoms with van der Waals surface area (Å²) in [4.78, 5) is 27.1. The summed E-state index contributed by atoms with van der Waals surface area (Å²) < 4.78 is 10.9. The Balaban J connectivity index is 1.76. The van der Waals surface area contributed by atoms with Gasteiger partial charge in [-0.25, -0.2) is 4.79 Å². The van der Waals surface area contributed by atoms with E-state index in [-0.39, 0.29) is 12.0 Å². The van der Waals surface area contributed by atoms with Crippen LogP contribution in [0.15, 0.2) is 18.2 Å². The van der Waals surface area contributed by atoms with Gasteiger partial charge in [0.1, 0.15) is 23.4 Å². The summed E-state index contributed by atoms with van der Waals surface area (Å²) in [5, 5.41) is 2.65. The number of carbonyl (C=O) groups is 2. The van der Waals surface area contributed by atoms with Crippen LogP contribution in [0, 0.1) is 0 Å². The molecule has 1 fully saturated rings. The summed E-state index contributed by atoms with van der Waals surface area (Å²) in [6, 6.07) is 5.49. The minimum atomic E-state index is -0.431. The summed E-state index contributed by atoms with van der Waals surface area (Å²) in [5.41, 5.74) is 1.56. The second-order valence-electron chi connectivity index (χ2n) is 5.45. The number of benzene rings is 1. The van der Waals surface area contributed by atoms with Crippen LogP contribution in [-0.2, 0) is 9.53 Å². The van der Waals surface area contributed by atoms with E-state index < -0.39 is 6.09 Å². The average Bonchev–Trinajstić information content (AvgIpc) is 2.90. The first-order valence-electron chi connectivity index (χ1n) is 7.21. The van der Waals surface area contributed by atoms with Crippen molar-refractivity contribution >= 4 is 40.6 Å². The number of carbonyl (C=O) groups excluding carboxylic acids is 2. The second-order valence-corrected chi connectivity index (χ2v) is 5.92. The maximum atomic E-state index is 12.0. The van der Waals surface area contributed by atoms with E-state index in [2.05, 4.69) is 5.32 Å². The summed E-state index contributed by atoms with van der Waals surface area (Å²) in [6.07, 6.45) is -0.793. The molecule has 1 aromatic carbocycles. The van der Waals surface area contributed by atoms with E-state index in [0.717, 1.165) is 5.69 Å². The fourth-order valence-electron chi connectivity index (χ4n) is 2.53. The molecule has 1 saturated heterocycles. The van der Waals surface area contributed by atoms with E-state index >= 15 is 0 Å². The van der Waals surface area contributed by atoms with Gasteiger partial charge in [0.15, 0.2) is 0 Å². The molecule has 2 heterocycles. The number of nitrogens with zero attached hydrogens (tertiary/aromatic N) is 2. The molecule has 3 rings (SSSR count). The Bertz CT molecular complexity index is 679. The number of cyclic esters (lactones) is 1. The molecule has 23 heavy (non-hydrogen) atoms. The number of thiocarbonyl (C=S) groups is 1. The molecule has 0 bridgehead atoms. The SMILES string of the molecule is CC(=O)NC[C@H]1CN(c2ccc3c(c2)OCC(=S)N3C)C(=O)O1. The Morgan fingerprint density at radius 1 is 1.48 bits per heavy atom. The minimum absolute atomic E-state index is 0.152. The maximum absolute atomic E-state index is 12.0. The molecule has 2 amide bonds. The van der Waals surface area contributed by atoms with Gasteiger partial charge in [0, 0.05) is 20.0 Å². The Hall–Kier alpha value is -2.35. The van der Waals surface area contributed by atoms with Gasteiger partial charge in [-0.3, -0.25) is 9.69 Å². The molecule has 0 aromatic heterocycles. The largest absolute Gasteiger partial charge is 0.484 e. The van der Waals surface area contributed by atoms with Crippen molar-refractivity contribution in [2.75, 3.05) is 36.5 Å². The summed E-state index contributed by atoms with van der Waals surface area (Å²) in [6.45, 7) is 2.45. The minimum Gasteiger partial charge on any atom is -0.484 e. The fourth-order valence-corrected chi connectivity index (χ4v) is 2.69. The van der Waals surface area contributed by atoms with Crippen LogP contribution < -0.4 is 19.9 Å². The highest BCUT2D eigenvalue weighted by molar-refractivity contribution is 7.80. The van der Waals surface area contributed by atoms with Gasteiger partial charge in [-0.15, -0.1) is 0 Å². The van der Waals surface area contributed by atoms with Crippen molar-refractivity contribution in [1.82, 2.24) is 5.32 Å². The molecule has 1 aromatic rings. The molecule has 0 saturated carbocycles. The zero-order chi connectivity index (χ0) is 16.6. The van der Waals surface area contributed by atoms with Crippen LogP contribution in [0.3, 0.4) is 0 Å². The van der Waals surface area contributed by atoms with Gasteiger partial charge >= 0.3 is 6.09 Å². The molecule has 122 valence electrons. The van der Waals surface area contributed by atoms with E-state index in [0.29, 0.717) is 36.1 Å². The first-order chi connectivity index (χ1) is 11.0. The van der Waals surface area contributed by atoms with Gasteiger partial charge < -0.3 is 19.7 Å². The van der Waals surface area contributed by atoms with Gasteiger partial charge in [-0.2, -0.15) is 0 Å². The van der Waals surface area contributed by atoms with Crippen LogP contribution >= 0.6 is 12.2 Å². The number of anilines is 2. The lowest BCUT2D eigenvalue weighted by Crippen LogP contribution is -2.34. The summed E-state index contributed by atoms with van der Waals surface area (Å²) in [5.74, 6) is 0.525. The zero-order valence-electron chi connectivity index (χ0n) is 12.9. The molecule has 0 spiro atoms. The Kier molecular flexibility index (Phi) is 4.08. The number of amides is 2. The monoisotopic (exact) mass is 335 g/mol. The number of ether oxygens (including phenoxy) is 2. The molecule has 2 aliphatic rings. The summed E-state index contributed by atoms with van der Waals surface area (Å²) in [7, 11) is 1.89. The second kappa shape index (κ2) is 6.04. The molecular formula is C15H17N3O4S. The molecule has 0 radical (unpaired) electrons. The lowest BCUT2D eigenvalue weighted by atomic mass is 10.2. The van der Waals surface area contributed by atoms with Crippen molar-refractivity contribution in [3.05, 3.63) is 18.2 Å². The van der Waals surface area contributed by atoms with Crippen LogP contribution in [0.4, 0.5) is 16.2 Å². The molecule has 8 heteroatoms. The van der Waals surface area contributed by atoms with Crippen molar-refractivity contribution in [2.45, 2.75) is 13.0 Å². The van der Waals surface area contributed by atoms with Crippen LogP contribution in [0.2, 0.25) is 0 Å². The van der Waals surface area contributed by atoms with Crippen LogP contribution in [0.1, 0.15) is 6.92 Å². The van der Waals surface area contributed by atoms with E-state index in [1.54, 1.807) is 6.07 Å². The Labute approximate surface area is 139 Å². The standard InChI is InChI=1S/C15H17N3O4S/c1-9(19)16-6-11-7-18(15(20)22-11)10-3-4-12-13(5-10)21-8-14(23)17(12)2/h3-5,11H,6-8H2,1-2H3,(H,16,19)/t11-/m0/s1. The van der Waals surface area contributed by atoms with Crippen LogP contribution in [-0.4, -0.2) is 49.8 Å². The maximum Gasteiger partial charge on any atom is 0.414 e. The lowest BCUT2D eigenvalue weighted by molar-refractivity contribution is -0.119. The summed E-state index contributed by atoms with van der Waals surface area (Å²) >= 11 is 5.21. The van der Waals surface area contributed by atoms with Crippen LogP contribution in [0.5, 0.6) is 5.75 Å². The molecular weight excluding hydrogens is 318 g/mol. The topological polar surface area (TPSA) is 71.1 Å². The van der Waals surface area contributed by atoms with Crippen LogP contribution in [0.25, 0.3) is 0 Å². The van der Waals surface area contributed by atoms with Gasteiger partial charge in [-0.05, 0) is 12.1 Å². The number of rotatable bonds is 3. The normalized spacial score (nSPS) is 20.0. The quantitative estimate of drug-likeness (QED) is 0.840. The Morgan fingerprint density at radius 3 is 3.00 bits per heavy atom. The van der Waals surface area contributed by atoms with Gasteiger partial charge in [0.2, 0.25) is 5.91 Å². The fraction of sp³-hybridized carbons (Fsp3) is 0.400. The van der Waals surface area contributed by atoms with Crippen molar-refractivity contribution in [2.24, 2.45) is 0 Å². The highest BCUT2D eigenvalue weighted by Crippen LogP contribution is 2.36. The number of likely N-dealkylation sites (N-methyl/N-ethyl adjacent to an activating group) is 1. The molecule has 0 aliphatic carbocycles. The predicted molar refractivity (Wildman–Crippen MR) is 89.2 cm³/mol.